The third kappa shape index (κ3) is 5.58. The van der Waals surface area contributed by atoms with E-state index in [0.717, 1.165) is 19.1 Å². The van der Waals surface area contributed by atoms with Gasteiger partial charge in [-0.2, -0.15) is 0 Å². The highest BCUT2D eigenvalue weighted by atomic mass is 16.4. The summed E-state index contributed by atoms with van der Waals surface area (Å²) in [6, 6.07) is 0. The maximum absolute atomic E-state index is 10.3. The fourth-order valence-corrected chi connectivity index (χ4v) is 0.960. The van der Waals surface area contributed by atoms with Gasteiger partial charge in [0.1, 0.15) is 6.29 Å². The van der Waals surface area contributed by atoms with Crippen LogP contribution in [0.4, 0.5) is 0 Å². The Morgan fingerprint density at radius 3 is 2.55 bits per heavy atom. The Balaban J connectivity index is 3.51. The summed E-state index contributed by atoms with van der Waals surface area (Å²) in [5, 5.41) is 8.31. The number of carboxylic acids is 1. The number of aliphatic carboxylic acids is 1. The van der Waals surface area contributed by atoms with Crippen molar-refractivity contribution in [2.75, 3.05) is 0 Å². The number of carbonyl (C=O) groups excluding carboxylic acids is 1. The molecule has 3 nitrogen and oxygen atoms in total. The monoisotopic (exact) mass is 158 g/mol. The van der Waals surface area contributed by atoms with Crippen molar-refractivity contribution < 1.29 is 14.7 Å². The van der Waals surface area contributed by atoms with Gasteiger partial charge in [-0.25, -0.2) is 0 Å². The van der Waals surface area contributed by atoms with Gasteiger partial charge in [-0.15, -0.1) is 0 Å². The molecule has 0 fully saturated rings. The fraction of sp³-hybridized carbons (Fsp3) is 0.750. The lowest BCUT2D eigenvalue weighted by atomic mass is 10.00. The van der Waals surface area contributed by atoms with E-state index in [2.05, 4.69) is 0 Å². The largest absolute Gasteiger partial charge is 0.481 e. The molecule has 0 aromatic carbocycles. The average Bonchev–Trinajstić information content (AvgIpc) is 1.97. The van der Waals surface area contributed by atoms with E-state index < -0.39 is 5.97 Å². The van der Waals surface area contributed by atoms with E-state index >= 15 is 0 Å². The molecule has 0 radical (unpaired) electrons. The van der Waals surface area contributed by atoms with E-state index in [-0.39, 0.29) is 12.3 Å². The Kier molecular flexibility index (Phi) is 5.43. The Bertz CT molecular complexity index is 131. The molecule has 0 aliphatic carbocycles. The Labute approximate surface area is 66.4 Å². The molecule has 0 aromatic rings. The quantitative estimate of drug-likeness (QED) is 0.595. The molecule has 0 saturated heterocycles. The van der Waals surface area contributed by atoms with Crippen molar-refractivity contribution in [2.45, 2.75) is 32.6 Å². The van der Waals surface area contributed by atoms with E-state index in [4.69, 9.17) is 5.11 Å². The molecule has 1 N–H and O–H groups in total. The first-order valence-corrected chi connectivity index (χ1v) is 3.87. The minimum absolute atomic E-state index is 0.0592. The molecule has 0 unspecified atom stereocenters. The van der Waals surface area contributed by atoms with Gasteiger partial charge >= 0.3 is 5.97 Å². The lowest BCUT2D eigenvalue weighted by Crippen LogP contribution is -2.05. The van der Waals surface area contributed by atoms with Gasteiger partial charge in [-0.1, -0.05) is 13.3 Å². The summed E-state index contributed by atoms with van der Waals surface area (Å²) in [7, 11) is 0. The summed E-state index contributed by atoms with van der Waals surface area (Å²) >= 11 is 0. The van der Waals surface area contributed by atoms with Crippen LogP contribution in [0.15, 0.2) is 0 Å². The molecule has 0 aliphatic heterocycles. The Morgan fingerprint density at radius 1 is 1.55 bits per heavy atom. The van der Waals surface area contributed by atoms with Gasteiger partial charge < -0.3 is 9.90 Å². The summed E-state index contributed by atoms with van der Waals surface area (Å²) in [6.45, 7) is 1.98. The highest BCUT2D eigenvalue weighted by Gasteiger charge is 2.07. The van der Waals surface area contributed by atoms with Crippen LogP contribution in [-0.4, -0.2) is 17.4 Å². The molecular formula is C8H14O3. The standard InChI is InChI=1S/C8H14O3/c1-2-3-7(6-9)4-5-8(10)11/h6-7H,2-5H2,1H3,(H,10,11)/t7-/m1/s1. The van der Waals surface area contributed by atoms with Crippen molar-refractivity contribution in [3.8, 4) is 0 Å². The van der Waals surface area contributed by atoms with E-state index in [1.54, 1.807) is 0 Å². The maximum Gasteiger partial charge on any atom is 0.303 e. The predicted octanol–water partition coefficient (Wildman–Crippen LogP) is 1.47. The normalized spacial score (nSPS) is 12.5. The zero-order chi connectivity index (χ0) is 8.69. The number of rotatable bonds is 6. The second kappa shape index (κ2) is 5.89. The van der Waals surface area contributed by atoms with Crippen molar-refractivity contribution in [3.05, 3.63) is 0 Å². The van der Waals surface area contributed by atoms with Crippen molar-refractivity contribution in [1.82, 2.24) is 0 Å². The molecule has 0 saturated carbocycles. The second-order valence-electron chi connectivity index (χ2n) is 2.62. The molecule has 64 valence electrons. The average molecular weight is 158 g/mol. The van der Waals surface area contributed by atoms with Crippen LogP contribution < -0.4 is 0 Å². The third-order valence-electron chi connectivity index (χ3n) is 1.58. The van der Waals surface area contributed by atoms with Crippen LogP contribution in [-0.2, 0) is 9.59 Å². The van der Waals surface area contributed by atoms with Crippen molar-refractivity contribution >= 4 is 12.3 Å². The number of aldehydes is 1. The van der Waals surface area contributed by atoms with Gasteiger partial charge in [0.25, 0.3) is 0 Å². The van der Waals surface area contributed by atoms with Crippen molar-refractivity contribution in [2.24, 2.45) is 5.92 Å². The summed E-state index contributed by atoms with van der Waals surface area (Å²) in [6.07, 6.45) is 3.17. The molecule has 0 aromatic heterocycles. The van der Waals surface area contributed by atoms with Crippen LogP contribution in [0.1, 0.15) is 32.6 Å². The summed E-state index contributed by atoms with van der Waals surface area (Å²) in [5.74, 6) is -0.885. The highest BCUT2D eigenvalue weighted by molar-refractivity contribution is 5.67. The molecule has 11 heavy (non-hydrogen) atoms. The van der Waals surface area contributed by atoms with Gasteiger partial charge in [0.15, 0.2) is 0 Å². The minimum atomic E-state index is -0.826. The first kappa shape index (κ1) is 10.1. The molecule has 0 bridgehead atoms. The van der Waals surface area contributed by atoms with Crippen LogP contribution in [0.3, 0.4) is 0 Å². The number of hydrogen-bond acceptors (Lipinski definition) is 2. The zero-order valence-electron chi connectivity index (χ0n) is 6.75. The molecule has 0 rings (SSSR count). The zero-order valence-corrected chi connectivity index (χ0v) is 6.75. The molecule has 3 heteroatoms. The first-order chi connectivity index (χ1) is 5.20. The first-order valence-electron chi connectivity index (χ1n) is 3.87. The molecule has 1 atom stereocenters. The number of carbonyl (C=O) groups is 2. The SMILES string of the molecule is CCC[C@@H](C=O)CCC(=O)O. The predicted molar refractivity (Wildman–Crippen MR) is 41.3 cm³/mol. The summed E-state index contributed by atoms with van der Waals surface area (Å²) < 4.78 is 0. The van der Waals surface area contributed by atoms with E-state index in [0.29, 0.717) is 6.42 Å². The van der Waals surface area contributed by atoms with Gasteiger partial charge in [-0.3, -0.25) is 4.79 Å². The Hall–Kier alpha value is -0.860. The maximum atomic E-state index is 10.3. The van der Waals surface area contributed by atoms with E-state index in [1.807, 2.05) is 6.92 Å². The number of hydrogen-bond donors (Lipinski definition) is 1. The lowest BCUT2D eigenvalue weighted by molar-refractivity contribution is -0.137. The summed E-state index contributed by atoms with van der Waals surface area (Å²) in [5.41, 5.74) is 0. The van der Waals surface area contributed by atoms with Crippen LogP contribution >= 0.6 is 0 Å². The van der Waals surface area contributed by atoms with Crippen LogP contribution in [0.25, 0.3) is 0 Å². The molecule has 0 aliphatic rings. The van der Waals surface area contributed by atoms with E-state index in [1.165, 1.54) is 0 Å². The van der Waals surface area contributed by atoms with Gasteiger partial charge in [-0.05, 0) is 12.8 Å². The van der Waals surface area contributed by atoms with Gasteiger partial charge in [0, 0.05) is 12.3 Å². The summed E-state index contributed by atoms with van der Waals surface area (Å²) in [4.78, 5) is 20.4. The molecule has 0 spiro atoms. The van der Waals surface area contributed by atoms with E-state index in [9.17, 15) is 9.59 Å². The van der Waals surface area contributed by atoms with Crippen molar-refractivity contribution in [3.63, 3.8) is 0 Å². The molecular weight excluding hydrogens is 144 g/mol. The highest BCUT2D eigenvalue weighted by Crippen LogP contribution is 2.10. The van der Waals surface area contributed by atoms with Gasteiger partial charge in [0.05, 0.1) is 0 Å². The van der Waals surface area contributed by atoms with Crippen LogP contribution in [0, 0.1) is 5.92 Å². The van der Waals surface area contributed by atoms with Crippen LogP contribution in [0.2, 0.25) is 0 Å². The smallest absolute Gasteiger partial charge is 0.303 e. The van der Waals surface area contributed by atoms with Crippen molar-refractivity contribution in [1.29, 1.82) is 0 Å². The van der Waals surface area contributed by atoms with Crippen LogP contribution in [0.5, 0.6) is 0 Å². The third-order valence-corrected chi connectivity index (χ3v) is 1.58. The molecule has 0 amide bonds. The molecule has 0 heterocycles. The topological polar surface area (TPSA) is 54.4 Å². The second-order valence-corrected chi connectivity index (χ2v) is 2.62. The Morgan fingerprint density at radius 2 is 2.18 bits per heavy atom. The fourth-order valence-electron chi connectivity index (χ4n) is 0.960. The lowest BCUT2D eigenvalue weighted by Gasteiger charge is -2.04. The minimum Gasteiger partial charge on any atom is -0.481 e. The number of carboxylic acid groups (broad SMARTS) is 1. The van der Waals surface area contributed by atoms with Gasteiger partial charge in [0.2, 0.25) is 0 Å².